The van der Waals surface area contributed by atoms with Crippen LogP contribution in [0.2, 0.25) is 0 Å². The Morgan fingerprint density at radius 2 is 2.25 bits per heavy atom. The number of hydrogen-bond acceptors (Lipinski definition) is 3. The van der Waals surface area contributed by atoms with E-state index < -0.39 is 5.60 Å². The summed E-state index contributed by atoms with van der Waals surface area (Å²) in [5.74, 6) is -0.0954. The molecule has 0 radical (unpaired) electrons. The number of esters is 1. The van der Waals surface area contributed by atoms with E-state index in [9.17, 15) is 4.79 Å². The Morgan fingerprint density at radius 3 is 2.62 bits per heavy atom. The maximum atomic E-state index is 11.8. The summed E-state index contributed by atoms with van der Waals surface area (Å²) in [6.45, 7) is 10.2. The van der Waals surface area contributed by atoms with Crippen LogP contribution >= 0.6 is 0 Å². The van der Waals surface area contributed by atoms with Crippen LogP contribution in [0.15, 0.2) is 12.2 Å². The van der Waals surface area contributed by atoms with Crippen LogP contribution in [-0.4, -0.2) is 23.3 Å². The highest BCUT2D eigenvalue weighted by atomic mass is 16.6. The second-order valence-electron chi connectivity index (χ2n) is 5.75. The first kappa shape index (κ1) is 11.6. The van der Waals surface area contributed by atoms with Crippen molar-refractivity contribution < 1.29 is 14.6 Å². The topological polar surface area (TPSA) is 46.5 Å². The first-order chi connectivity index (χ1) is 7.37. The number of ether oxygens (including phenoxy) is 1. The van der Waals surface area contributed by atoms with Crippen molar-refractivity contribution in [3.63, 3.8) is 0 Å². The van der Waals surface area contributed by atoms with Gasteiger partial charge in [-0.25, -0.2) is 0 Å². The largest absolute Gasteiger partial charge is 0.453 e. The summed E-state index contributed by atoms with van der Waals surface area (Å²) >= 11 is 0. The molecule has 1 saturated heterocycles. The zero-order valence-electron chi connectivity index (χ0n) is 10.2. The van der Waals surface area contributed by atoms with Gasteiger partial charge in [0, 0.05) is 17.9 Å². The van der Waals surface area contributed by atoms with Gasteiger partial charge in [0.1, 0.15) is 5.60 Å². The normalized spacial score (nSPS) is 39.9. The lowest BCUT2D eigenvalue weighted by Gasteiger charge is -2.57. The van der Waals surface area contributed by atoms with Gasteiger partial charge in [-0.3, -0.25) is 4.79 Å². The van der Waals surface area contributed by atoms with E-state index in [-0.39, 0.29) is 29.8 Å². The molecule has 1 aliphatic heterocycles. The minimum atomic E-state index is -0.482. The fraction of sp³-hybridized carbons (Fsp3) is 0.769. The Morgan fingerprint density at radius 1 is 1.62 bits per heavy atom. The molecule has 3 atom stereocenters. The molecule has 0 unspecified atom stereocenters. The lowest BCUT2D eigenvalue weighted by atomic mass is 9.48. The SMILES string of the molecule is C=C(C)[C@]12OC(=O)[C@H](CCO)[C@H]1CC2(C)C. The Balaban J connectivity index is 2.33. The molecule has 1 saturated carbocycles. The molecule has 0 aromatic rings. The number of rotatable bonds is 3. The third-order valence-electron chi connectivity index (χ3n) is 4.38. The molecular weight excluding hydrogens is 204 g/mol. The predicted molar refractivity (Wildman–Crippen MR) is 60.7 cm³/mol. The monoisotopic (exact) mass is 224 g/mol. The van der Waals surface area contributed by atoms with E-state index in [1.807, 2.05) is 6.92 Å². The van der Waals surface area contributed by atoms with Crippen molar-refractivity contribution in [2.24, 2.45) is 17.3 Å². The Bertz CT molecular complexity index is 345. The zero-order valence-corrected chi connectivity index (χ0v) is 10.2. The Labute approximate surface area is 96.5 Å². The molecule has 1 N–H and O–H groups in total. The summed E-state index contributed by atoms with van der Waals surface area (Å²) in [7, 11) is 0. The maximum absolute atomic E-state index is 11.8. The van der Waals surface area contributed by atoms with Crippen molar-refractivity contribution in [2.45, 2.75) is 39.2 Å². The van der Waals surface area contributed by atoms with Gasteiger partial charge in [0.15, 0.2) is 0 Å². The van der Waals surface area contributed by atoms with Crippen LogP contribution in [0.25, 0.3) is 0 Å². The number of carbonyl (C=O) groups excluding carboxylic acids is 1. The molecule has 0 bridgehead atoms. The molecule has 2 rings (SSSR count). The van der Waals surface area contributed by atoms with E-state index in [4.69, 9.17) is 9.84 Å². The molecule has 3 heteroatoms. The molecule has 1 heterocycles. The fourth-order valence-electron chi connectivity index (χ4n) is 3.69. The summed E-state index contributed by atoms with van der Waals surface area (Å²) in [6.07, 6.45) is 1.48. The molecule has 90 valence electrons. The second kappa shape index (κ2) is 3.33. The van der Waals surface area contributed by atoms with Crippen molar-refractivity contribution >= 4 is 5.97 Å². The first-order valence-corrected chi connectivity index (χ1v) is 5.86. The molecular formula is C13H20O3. The summed E-state index contributed by atoms with van der Waals surface area (Å²) in [6, 6.07) is 0. The molecule has 3 nitrogen and oxygen atoms in total. The lowest BCUT2D eigenvalue weighted by molar-refractivity contribution is -0.177. The number of aliphatic hydroxyl groups is 1. The van der Waals surface area contributed by atoms with Crippen LogP contribution < -0.4 is 0 Å². The predicted octanol–water partition coefficient (Wildman–Crippen LogP) is 1.90. The van der Waals surface area contributed by atoms with Gasteiger partial charge in [-0.05, 0) is 25.3 Å². The van der Waals surface area contributed by atoms with E-state index in [1.165, 1.54) is 0 Å². The smallest absolute Gasteiger partial charge is 0.310 e. The van der Waals surface area contributed by atoms with Crippen molar-refractivity contribution in [2.75, 3.05) is 6.61 Å². The van der Waals surface area contributed by atoms with Gasteiger partial charge in [-0.15, -0.1) is 0 Å². The molecule has 0 aromatic carbocycles. The van der Waals surface area contributed by atoms with Crippen LogP contribution in [-0.2, 0) is 9.53 Å². The van der Waals surface area contributed by atoms with Gasteiger partial charge in [-0.1, -0.05) is 20.4 Å². The molecule has 0 amide bonds. The average Bonchev–Trinajstić information content (AvgIpc) is 2.40. The highest BCUT2D eigenvalue weighted by Gasteiger charge is 2.70. The van der Waals surface area contributed by atoms with Crippen molar-refractivity contribution in [3.05, 3.63) is 12.2 Å². The molecule has 0 spiro atoms. The van der Waals surface area contributed by atoms with Crippen LogP contribution in [0.4, 0.5) is 0 Å². The molecule has 0 aromatic heterocycles. The summed E-state index contributed by atoms with van der Waals surface area (Å²) in [5, 5.41) is 9.00. The van der Waals surface area contributed by atoms with Crippen LogP contribution in [0.1, 0.15) is 33.6 Å². The third kappa shape index (κ3) is 1.15. The van der Waals surface area contributed by atoms with Gasteiger partial charge in [0.25, 0.3) is 0 Å². The van der Waals surface area contributed by atoms with E-state index >= 15 is 0 Å². The molecule has 16 heavy (non-hydrogen) atoms. The number of hydrogen-bond donors (Lipinski definition) is 1. The number of carbonyl (C=O) groups is 1. The second-order valence-corrected chi connectivity index (χ2v) is 5.75. The summed E-state index contributed by atoms with van der Waals surface area (Å²) < 4.78 is 5.64. The highest BCUT2D eigenvalue weighted by Crippen LogP contribution is 2.65. The van der Waals surface area contributed by atoms with Gasteiger partial charge in [-0.2, -0.15) is 0 Å². The maximum Gasteiger partial charge on any atom is 0.310 e. The summed E-state index contributed by atoms with van der Waals surface area (Å²) in [5.41, 5.74) is 0.426. The highest BCUT2D eigenvalue weighted by molar-refractivity contribution is 5.78. The van der Waals surface area contributed by atoms with Crippen LogP contribution in [0.5, 0.6) is 0 Å². The molecule has 2 fully saturated rings. The summed E-state index contributed by atoms with van der Waals surface area (Å²) in [4.78, 5) is 11.8. The van der Waals surface area contributed by atoms with Crippen molar-refractivity contribution in [1.29, 1.82) is 0 Å². The van der Waals surface area contributed by atoms with Crippen molar-refractivity contribution in [1.82, 2.24) is 0 Å². The standard InChI is InChI=1S/C13H20O3/c1-8(2)13-10(7-12(13,3)4)9(5-6-14)11(15)16-13/h9-10,14H,1,5-7H2,2-4H3/t9-,10-,13+/m1/s1. The van der Waals surface area contributed by atoms with E-state index in [0.29, 0.717) is 6.42 Å². The lowest BCUT2D eigenvalue weighted by Crippen LogP contribution is -2.61. The third-order valence-corrected chi connectivity index (χ3v) is 4.38. The molecule has 1 aliphatic carbocycles. The van der Waals surface area contributed by atoms with Crippen LogP contribution in [0, 0.1) is 17.3 Å². The number of aliphatic hydroxyl groups excluding tert-OH is 1. The van der Waals surface area contributed by atoms with Crippen molar-refractivity contribution in [3.8, 4) is 0 Å². The van der Waals surface area contributed by atoms with E-state index in [0.717, 1.165) is 12.0 Å². The molecule has 2 aliphatic rings. The average molecular weight is 224 g/mol. The fourth-order valence-corrected chi connectivity index (χ4v) is 3.69. The van der Waals surface area contributed by atoms with Gasteiger partial charge in [0.2, 0.25) is 0 Å². The van der Waals surface area contributed by atoms with Gasteiger partial charge in [0.05, 0.1) is 5.92 Å². The van der Waals surface area contributed by atoms with E-state index in [2.05, 4.69) is 20.4 Å². The first-order valence-electron chi connectivity index (χ1n) is 5.86. The zero-order chi connectivity index (χ0) is 12.1. The Kier molecular flexibility index (Phi) is 2.42. The minimum Gasteiger partial charge on any atom is -0.453 e. The minimum absolute atomic E-state index is 0.0244. The van der Waals surface area contributed by atoms with E-state index in [1.54, 1.807) is 0 Å². The quantitative estimate of drug-likeness (QED) is 0.588. The van der Waals surface area contributed by atoms with Gasteiger partial charge < -0.3 is 9.84 Å². The van der Waals surface area contributed by atoms with Gasteiger partial charge >= 0.3 is 5.97 Å². The Hall–Kier alpha value is -0.830. The number of fused-ring (bicyclic) bond motifs is 1. The van der Waals surface area contributed by atoms with Crippen LogP contribution in [0.3, 0.4) is 0 Å².